The molecule has 0 bridgehead atoms. The Morgan fingerprint density at radius 1 is 1.64 bits per heavy atom. The molecule has 0 amide bonds. The first-order chi connectivity index (χ1) is 5.16. The van der Waals surface area contributed by atoms with Gasteiger partial charge in [-0.3, -0.25) is 4.90 Å². The average molecular weight is 165 g/mol. The van der Waals surface area contributed by atoms with Crippen molar-refractivity contribution in [1.29, 1.82) is 0 Å². The molecule has 0 saturated carbocycles. The molecule has 0 aliphatic carbocycles. The lowest BCUT2D eigenvalue weighted by atomic mass is 10.2. The number of likely N-dealkylation sites (tertiary alicyclic amines) is 1. The highest BCUT2D eigenvalue weighted by atomic mass is 19.3. The maximum Gasteiger partial charge on any atom is 0.117 e. The normalized spacial score (nSPS) is 39.8. The van der Waals surface area contributed by atoms with Crippen LogP contribution in [-0.4, -0.2) is 36.8 Å². The van der Waals surface area contributed by atoms with Gasteiger partial charge < -0.3 is 0 Å². The van der Waals surface area contributed by atoms with Crippen molar-refractivity contribution in [2.24, 2.45) is 0 Å². The van der Waals surface area contributed by atoms with Gasteiger partial charge in [-0.2, -0.15) is 4.94 Å². The molecule has 0 unspecified atom stereocenters. The first-order valence-corrected chi connectivity index (χ1v) is 3.76. The van der Waals surface area contributed by atoms with Crippen molar-refractivity contribution in [3.8, 4) is 0 Å². The lowest BCUT2D eigenvalue weighted by molar-refractivity contribution is -0.145. The van der Waals surface area contributed by atoms with Gasteiger partial charge in [0.05, 0.1) is 0 Å². The zero-order valence-electron chi connectivity index (χ0n) is 6.76. The predicted molar refractivity (Wildman–Crippen MR) is 37.6 cm³/mol. The largest absolute Gasteiger partial charge is 0.295 e. The molecule has 1 heterocycles. The molecule has 1 saturated heterocycles. The third kappa shape index (κ3) is 1.68. The van der Waals surface area contributed by atoms with Crippen molar-refractivity contribution in [2.75, 3.05) is 13.7 Å². The van der Waals surface area contributed by atoms with Gasteiger partial charge in [0.2, 0.25) is 0 Å². The van der Waals surface area contributed by atoms with Crippen molar-refractivity contribution in [1.82, 2.24) is 4.90 Å². The molecule has 0 spiro atoms. The molecule has 1 aliphatic heterocycles. The molecule has 1 rings (SSSR count). The van der Waals surface area contributed by atoms with Gasteiger partial charge in [0.25, 0.3) is 0 Å². The summed E-state index contributed by atoms with van der Waals surface area (Å²) in [5, 5.41) is 0. The average Bonchev–Trinajstić information content (AvgIpc) is 2.19. The van der Waals surface area contributed by atoms with Gasteiger partial charge in [0.1, 0.15) is 12.8 Å². The van der Waals surface area contributed by atoms with E-state index in [0.717, 1.165) is 0 Å². The van der Waals surface area contributed by atoms with Crippen molar-refractivity contribution < 1.29 is 13.9 Å². The molecule has 0 radical (unpaired) electrons. The zero-order valence-corrected chi connectivity index (χ0v) is 6.76. The van der Waals surface area contributed by atoms with Gasteiger partial charge in [-0.05, 0) is 24.9 Å². The van der Waals surface area contributed by atoms with E-state index in [1.807, 2.05) is 4.90 Å². The minimum Gasteiger partial charge on any atom is -0.295 e. The molecule has 0 aromatic carbocycles. The van der Waals surface area contributed by atoms with Crippen LogP contribution in [0.1, 0.15) is 13.3 Å². The standard InChI is InChI=1S/C7H13F2NO/c1-5-7(8)3-6(4-11-9)10(5)2/h5-7H,3-4H2,1-2H3/t5-,6-,7+/m0/s1. The molecule has 1 aliphatic rings. The van der Waals surface area contributed by atoms with E-state index in [-0.39, 0.29) is 18.7 Å². The Kier molecular flexibility index (Phi) is 2.78. The highest BCUT2D eigenvalue weighted by Crippen LogP contribution is 2.25. The minimum atomic E-state index is -0.847. The van der Waals surface area contributed by atoms with Gasteiger partial charge >= 0.3 is 0 Å². The summed E-state index contributed by atoms with van der Waals surface area (Å²) in [7, 11) is 1.79. The summed E-state index contributed by atoms with van der Waals surface area (Å²) in [4.78, 5) is 5.29. The summed E-state index contributed by atoms with van der Waals surface area (Å²) in [5.41, 5.74) is 0. The van der Waals surface area contributed by atoms with E-state index in [1.54, 1.807) is 14.0 Å². The first kappa shape index (κ1) is 8.87. The Labute approximate surface area is 65.0 Å². The van der Waals surface area contributed by atoms with E-state index in [0.29, 0.717) is 6.42 Å². The van der Waals surface area contributed by atoms with Gasteiger partial charge in [0.15, 0.2) is 0 Å². The Hall–Kier alpha value is -0.220. The summed E-state index contributed by atoms with van der Waals surface area (Å²) >= 11 is 0. The molecule has 0 N–H and O–H groups in total. The summed E-state index contributed by atoms with van der Waals surface area (Å²) in [6, 6.07) is -0.222. The summed E-state index contributed by atoms with van der Waals surface area (Å²) < 4.78 is 24.3. The lowest BCUT2D eigenvalue weighted by Gasteiger charge is -2.20. The number of alkyl halides is 1. The molecule has 2 nitrogen and oxygen atoms in total. The van der Waals surface area contributed by atoms with Crippen LogP contribution in [0.25, 0.3) is 0 Å². The van der Waals surface area contributed by atoms with Crippen molar-refractivity contribution in [3.63, 3.8) is 0 Å². The van der Waals surface area contributed by atoms with Crippen LogP contribution in [0.3, 0.4) is 0 Å². The third-order valence-electron chi connectivity index (χ3n) is 2.49. The Morgan fingerprint density at radius 2 is 2.27 bits per heavy atom. The Bertz CT molecular complexity index is 134. The Morgan fingerprint density at radius 3 is 2.64 bits per heavy atom. The number of rotatable bonds is 2. The molecular formula is C7H13F2NO. The van der Waals surface area contributed by atoms with Crippen LogP contribution >= 0.6 is 0 Å². The second kappa shape index (κ2) is 3.45. The molecular weight excluding hydrogens is 152 g/mol. The summed E-state index contributed by atoms with van der Waals surface area (Å²) in [6.45, 7) is 1.77. The molecule has 11 heavy (non-hydrogen) atoms. The molecule has 1 fully saturated rings. The quantitative estimate of drug-likeness (QED) is 0.611. The fourth-order valence-corrected chi connectivity index (χ4v) is 1.47. The third-order valence-corrected chi connectivity index (χ3v) is 2.49. The van der Waals surface area contributed by atoms with Crippen LogP contribution in [0.15, 0.2) is 0 Å². The van der Waals surface area contributed by atoms with Crippen molar-refractivity contribution >= 4 is 0 Å². The highest BCUT2D eigenvalue weighted by molar-refractivity contribution is 4.89. The topological polar surface area (TPSA) is 12.5 Å². The van der Waals surface area contributed by atoms with E-state index in [2.05, 4.69) is 4.94 Å². The highest BCUT2D eigenvalue weighted by Gasteiger charge is 2.36. The molecule has 3 atom stereocenters. The van der Waals surface area contributed by atoms with Crippen molar-refractivity contribution in [3.05, 3.63) is 0 Å². The number of halogens is 2. The van der Waals surface area contributed by atoms with Crippen LogP contribution in [0.5, 0.6) is 0 Å². The zero-order chi connectivity index (χ0) is 8.43. The summed E-state index contributed by atoms with van der Waals surface area (Å²) in [6.07, 6.45) is -0.471. The van der Waals surface area contributed by atoms with Gasteiger partial charge in [-0.1, -0.05) is 0 Å². The molecule has 66 valence electrons. The van der Waals surface area contributed by atoms with Crippen LogP contribution in [0.2, 0.25) is 0 Å². The van der Waals surface area contributed by atoms with E-state index >= 15 is 0 Å². The van der Waals surface area contributed by atoms with E-state index in [4.69, 9.17) is 0 Å². The van der Waals surface area contributed by atoms with Crippen molar-refractivity contribution in [2.45, 2.75) is 31.6 Å². The maximum atomic E-state index is 12.9. The monoisotopic (exact) mass is 165 g/mol. The fourth-order valence-electron chi connectivity index (χ4n) is 1.47. The van der Waals surface area contributed by atoms with E-state index in [1.165, 1.54) is 0 Å². The van der Waals surface area contributed by atoms with Crippen LogP contribution in [-0.2, 0) is 4.94 Å². The van der Waals surface area contributed by atoms with Gasteiger partial charge in [0, 0.05) is 12.1 Å². The van der Waals surface area contributed by atoms with Gasteiger partial charge in [-0.25, -0.2) is 4.39 Å². The van der Waals surface area contributed by atoms with E-state index < -0.39 is 6.17 Å². The van der Waals surface area contributed by atoms with Gasteiger partial charge in [-0.15, -0.1) is 0 Å². The molecule has 0 aromatic heterocycles. The number of nitrogens with zero attached hydrogens (tertiary/aromatic N) is 1. The Balaban J connectivity index is 2.45. The molecule has 0 aromatic rings. The van der Waals surface area contributed by atoms with E-state index in [9.17, 15) is 8.92 Å². The molecule has 4 heteroatoms. The number of likely N-dealkylation sites (N-methyl/N-ethyl adjacent to an activating group) is 1. The number of hydrogen-bond acceptors (Lipinski definition) is 2. The minimum absolute atomic E-state index is 0.0265. The van der Waals surface area contributed by atoms with Crippen LogP contribution < -0.4 is 0 Å². The lowest BCUT2D eigenvalue weighted by Crippen LogP contribution is -2.34. The van der Waals surface area contributed by atoms with Crippen LogP contribution in [0.4, 0.5) is 8.92 Å². The fraction of sp³-hybridized carbons (Fsp3) is 1.00. The second-order valence-corrected chi connectivity index (χ2v) is 3.09. The SMILES string of the molecule is C[C@H]1[C@H](F)C[C@@H](COF)N1C. The first-order valence-electron chi connectivity index (χ1n) is 3.76. The van der Waals surface area contributed by atoms with Crippen LogP contribution in [0, 0.1) is 0 Å². The predicted octanol–water partition coefficient (Wildman–Crippen LogP) is 1.32. The summed E-state index contributed by atoms with van der Waals surface area (Å²) in [5.74, 6) is 0. The maximum absolute atomic E-state index is 12.9. The smallest absolute Gasteiger partial charge is 0.117 e. The number of hydrogen-bond donors (Lipinski definition) is 0. The second-order valence-electron chi connectivity index (χ2n) is 3.09.